The minimum absolute atomic E-state index is 0.150. The number of nitrogens with zero attached hydrogens (tertiary/aromatic N) is 1. The zero-order valence-corrected chi connectivity index (χ0v) is 16.4. The molecular formula is C19H29F3N2O5. The molecule has 166 valence electrons. The van der Waals surface area contributed by atoms with Crippen LogP contribution >= 0.6 is 0 Å². The van der Waals surface area contributed by atoms with E-state index in [1.807, 2.05) is 0 Å². The largest absolute Gasteiger partial charge is 0.490 e. The summed E-state index contributed by atoms with van der Waals surface area (Å²) in [6.07, 6.45) is 0.421. The summed E-state index contributed by atoms with van der Waals surface area (Å²) in [6, 6.07) is 0.665. The molecule has 0 radical (unpaired) electrons. The number of ether oxygens (including phenoxy) is 2. The van der Waals surface area contributed by atoms with Crippen molar-refractivity contribution in [2.75, 3.05) is 46.1 Å². The number of carboxylic acid groups (broad SMARTS) is 1. The molecule has 4 fully saturated rings. The number of carboxylic acids is 1. The highest BCUT2D eigenvalue weighted by Gasteiger charge is 2.52. The van der Waals surface area contributed by atoms with Crippen LogP contribution in [0.4, 0.5) is 13.2 Å². The molecule has 3 heterocycles. The number of likely N-dealkylation sites (tertiary alicyclic amines) is 1. The molecule has 10 heteroatoms. The highest BCUT2D eigenvalue weighted by Crippen LogP contribution is 2.42. The van der Waals surface area contributed by atoms with E-state index in [0.29, 0.717) is 17.9 Å². The number of carbonyl (C=O) groups excluding carboxylic acids is 1. The number of amides is 1. The minimum Gasteiger partial charge on any atom is -0.475 e. The second kappa shape index (κ2) is 9.18. The molecule has 7 nitrogen and oxygen atoms in total. The molecule has 0 aromatic carbocycles. The van der Waals surface area contributed by atoms with Crippen molar-refractivity contribution in [1.82, 2.24) is 10.2 Å². The predicted octanol–water partition coefficient (Wildman–Crippen LogP) is 1.66. The highest BCUT2D eigenvalue weighted by atomic mass is 19.4. The van der Waals surface area contributed by atoms with Crippen LogP contribution in [0.1, 0.15) is 32.1 Å². The lowest BCUT2D eigenvalue weighted by atomic mass is 9.81. The van der Waals surface area contributed by atoms with Crippen LogP contribution in [-0.2, 0) is 19.1 Å². The van der Waals surface area contributed by atoms with Gasteiger partial charge in [0.05, 0.1) is 13.2 Å². The first kappa shape index (κ1) is 22.3. The fraction of sp³-hybridized carbons (Fsp3) is 0.895. The smallest absolute Gasteiger partial charge is 0.475 e. The number of hydrogen-bond donors (Lipinski definition) is 2. The van der Waals surface area contributed by atoms with Gasteiger partial charge in [0.15, 0.2) is 0 Å². The molecule has 3 saturated heterocycles. The van der Waals surface area contributed by atoms with Gasteiger partial charge in [0.2, 0.25) is 5.91 Å². The quantitative estimate of drug-likeness (QED) is 0.701. The molecule has 2 atom stereocenters. The Hall–Kier alpha value is -1.39. The number of halogens is 3. The Labute approximate surface area is 167 Å². The predicted molar refractivity (Wildman–Crippen MR) is 96.2 cm³/mol. The first-order valence-corrected chi connectivity index (χ1v) is 10.2. The molecule has 1 saturated carbocycles. The summed E-state index contributed by atoms with van der Waals surface area (Å²) in [5.41, 5.74) is 0.150. The van der Waals surface area contributed by atoms with Gasteiger partial charge in [0.25, 0.3) is 0 Å². The van der Waals surface area contributed by atoms with Gasteiger partial charge in [-0.15, -0.1) is 0 Å². The molecule has 0 unspecified atom stereocenters. The lowest BCUT2D eigenvalue weighted by Gasteiger charge is -2.33. The Morgan fingerprint density at radius 2 is 1.79 bits per heavy atom. The molecule has 3 aliphatic heterocycles. The van der Waals surface area contributed by atoms with Crippen LogP contribution in [0, 0.1) is 17.3 Å². The van der Waals surface area contributed by atoms with Crippen molar-refractivity contribution in [3.05, 3.63) is 0 Å². The van der Waals surface area contributed by atoms with Gasteiger partial charge in [-0.25, -0.2) is 4.79 Å². The van der Waals surface area contributed by atoms with Crippen molar-refractivity contribution in [3.63, 3.8) is 0 Å². The van der Waals surface area contributed by atoms with E-state index in [4.69, 9.17) is 19.4 Å². The van der Waals surface area contributed by atoms with Gasteiger partial charge in [-0.1, -0.05) is 0 Å². The standard InChI is InChI=1S/C17H28N2O3.C2HF3O2/c20-16(7-13-1-2-13)18-10-17-11-19(8-14(17)9-22-12-17)15-3-5-21-6-4-15;3-2(4,5)1(6)7/h13-15H,1-12H2,(H,18,20);(H,6,7)/t14-,17+;/m1./s1. The Bertz CT molecular complexity index is 593. The topological polar surface area (TPSA) is 88.1 Å². The fourth-order valence-electron chi connectivity index (χ4n) is 4.38. The van der Waals surface area contributed by atoms with E-state index in [0.717, 1.165) is 65.3 Å². The van der Waals surface area contributed by atoms with Crippen LogP contribution in [-0.4, -0.2) is 80.2 Å². The number of aliphatic carboxylic acids is 1. The number of nitrogens with one attached hydrogen (secondary N) is 1. The molecule has 2 N–H and O–H groups in total. The lowest BCUT2D eigenvalue weighted by Crippen LogP contribution is -2.45. The molecule has 0 spiro atoms. The van der Waals surface area contributed by atoms with E-state index in [1.165, 1.54) is 12.8 Å². The van der Waals surface area contributed by atoms with Crippen molar-refractivity contribution in [1.29, 1.82) is 0 Å². The molecule has 0 aromatic rings. The second-order valence-corrected chi connectivity index (χ2v) is 8.57. The van der Waals surface area contributed by atoms with Crippen molar-refractivity contribution in [3.8, 4) is 0 Å². The van der Waals surface area contributed by atoms with E-state index < -0.39 is 12.1 Å². The van der Waals surface area contributed by atoms with Gasteiger partial charge in [-0.05, 0) is 31.6 Å². The molecule has 1 aliphatic carbocycles. The van der Waals surface area contributed by atoms with Gasteiger partial charge < -0.3 is 19.9 Å². The van der Waals surface area contributed by atoms with E-state index in [-0.39, 0.29) is 11.3 Å². The van der Waals surface area contributed by atoms with Gasteiger partial charge >= 0.3 is 12.1 Å². The number of hydrogen-bond acceptors (Lipinski definition) is 5. The minimum atomic E-state index is -5.08. The van der Waals surface area contributed by atoms with Gasteiger partial charge in [-0.2, -0.15) is 13.2 Å². The van der Waals surface area contributed by atoms with Crippen molar-refractivity contribution >= 4 is 11.9 Å². The summed E-state index contributed by atoms with van der Waals surface area (Å²) < 4.78 is 43.0. The summed E-state index contributed by atoms with van der Waals surface area (Å²) in [5.74, 6) is -1.27. The van der Waals surface area contributed by atoms with Gasteiger partial charge in [-0.3, -0.25) is 9.69 Å². The molecule has 4 rings (SSSR count). The first-order chi connectivity index (χ1) is 13.7. The first-order valence-electron chi connectivity index (χ1n) is 10.2. The summed E-state index contributed by atoms with van der Waals surface area (Å²) in [7, 11) is 0. The molecule has 1 amide bonds. The van der Waals surface area contributed by atoms with E-state index >= 15 is 0 Å². The van der Waals surface area contributed by atoms with Crippen LogP contribution in [0.15, 0.2) is 0 Å². The Morgan fingerprint density at radius 3 is 2.38 bits per heavy atom. The van der Waals surface area contributed by atoms with Crippen molar-refractivity contribution in [2.24, 2.45) is 17.3 Å². The van der Waals surface area contributed by atoms with Crippen molar-refractivity contribution < 1.29 is 37.3 Å². The molecule has 4 aliphatic rings. The number of carbonyl (C=O) groups is 2. The highest BCUT2D eigenvalue weighted by molar-refractivity contribution is 5.76. The van der Waals surface area contributed by atoms with Crippen LogP contribution < -0.4 is 5.32 Å². The third kappa shape index (κ3) is 6.05. The number of rotatable bonds is 5. The Balaban J connectivity index is 0.000000298. The summed E-state index contributed by atoms with van der Waals surface area (Å²) >= 11 is 0. The van der Waals surface area contributed by atoms with Crippen LogP contribution in [0.5, 0.6) is 0 Å². The second-order valence-electron chi connectivity index (χ2n) is 8.57. The Kier molecular flexibility index (Phi) is 7.06. The maximum absolute atomic E-state index is 12.0. The van der Waals surface area contributed by atoms with Crippen LogP contribution in [0.25, 0.3) is 0 Å². The number of fused-ring (bicyclic) bond motifs is 1. The van der Waals surface area contributed by atoms with E-state index in [1.54, 1.807) is 0 Å². The van der Waals surface area contributed by atoms with Crippen LogP contribution in [0.2, 0.25) is 0 Å². The zero-order chi connectivity index (χ0) is 21.1. The summed E-state index contributed by atoms with van der Waals surface area (Å²) in [5, 5.41) is 10.3. The summed E-state index contributed by atoms with van der Waals surface area (Å²) in [6.45, 7) is 6.46. The third-order valence-electron chi connectivity index (χ3n) is 6.31. The zero-order valence-electron chi connectivity index (χ0n) is 16.4. The lowest BCUT2D eigenvalue weighted by molar-refractivity contribution is -0.192. The fourth-order valence-corrected chi connectivity index (χ4v) is 4.38. The molecular weight excluding hydrogens is 393 g/mol. The molecule has 29 heavy (non-hydrogen) atoms. The maximum Gasteiger partial charge on any atom is 0.490 e. The average molecular weight is 422 g/mol. The normalized spacial score (nSPS) is 30.4. The average Bonchev–Trinajstić information content (AvgIpc) is 3.27. The summed E-state index contributed by atoms with van der Waals surface area (Å²) in [4.78, 5) is 23.6. The monoisotopic (exact) mass is 422 g/mol. The van der Waals surface area contributed by atoms with E-state index in [2.05, 4.69) is 10.2 Å². The molecule has 0 aromatic heterocycles. The Morgan fingerprint density at radius 1 is 1.14 bits per heavy atom. The number of alkyl halides is 3. The van der Waals surface area contributed by atoms with Gasteiger partial charge in [0.1, 0.15) is 0 Å². The van der Waals surface area contributed by atoms with Gasteiger partial charge in [0, 0.05) is 56.6 Å². The third-order valence-corrected chi connectivity index (χ3v) is 6.31. The van der Waals surface area contributed by atoms with Crippen LogP contribution in [0.3, 0.4) is 0 Å². The maximum atomic E-state index is 12.0. The SMILES string of the molecule is O=C(CC1CC1)NC[C@]12COC[C@H]1CN(C1CCOCC1)C2.O=C(O)C(F)(F)F. The van der Waals surface area contributed by atoms with E-state index in [9.17, 15) is 18.0 Å². The van der Waals surface area contributed by atoms with Crippen molar-refractivity contribution in [2.45, 2.75) is 44.3 Å². The molecule has 0 bridgehead atoms.